The van der Waals surface area contributed by atoms with E-state index in [-0.39, 0.29) is 36.8 Å². The minimum absolute atomic E-state index is 0.0937. The normalized spacial score (nSPS) is 17.0. The van der Waals surface area contributed by atoms with Gasteiger partial charge in [-0.25, -0.2) is 18.6 Å². The Hall–Kier alpha value is -2.49. The van der Waals surface area contributed by atoms with Gasteiger partial charge in [0.2, 0.25) is 5.92 Å². The van der Waals surface area contributed by atoms with Gasteiger partial charge in [-0.05, 0) is 50.2 Å². The average Bonchev–Trinajstić information content (AvgIpc) is 3.01. The third-order valence-electron chi connectivity index (χ3n) is 5.34. The fourth-order valence-electron chi connectivity index (χ4n) is 3.90. The number of carbonyl (C=O) groups is 1. The van der Waals surface area contributed by atoms with Gasteiger partial charge in [0.1, 0.15) is 17.4 Å². The Morgan fingerprint density at radius 3 is 2.64 bits per heavy atom. The van der Waals surface area contributed by atoms with Crippen LogP contribution in [0, 0.1) is 17.2 Å². The van der Waals surface area contributed by atoms with Crippen molar-refractivity contribution >= 4 is 11.6 Å². The molecule has 2 aromatic heterocycles. The molecule has 1 aliphatic carbocycles. The van der Waals surface area contributed by atoms with Crippen molar-refractivity contribution in [1.82, 2.24) is 9.38 Å². The Kier molecular flexibility index (Phi) is 5.69. The van der Waals surface area contributed by atoms with Crippen LogP contribution in [0.15, 0.2) is 12.1 Å². The van der Waals surface area contributed by atoms with Crippen molar-refractivity contribution in [3.63, 3.8) is 0 Å². The molecule has 0 saturated heterocycles. The predicted molar refractivity (Wildman–Crippen MR) is 101 cm³/mol. The number of imidazole rings is 1. The standard InChI is InChI=1S/C21H25F2N3O2/c1-4-28-20(27)15-10-16(12-24)26-17(19(13(2)3)25-18(26)11-15)9-14-5-7-21(22,23)8-6-14/h10-11,13-14H,4-9H2,1-3H3. The summed E-state index contributed by atoms with van der Waals surface area (Å²) in [5.41, 5.74) is 2.83. The number of rotatable bonds is 5. The van der Waals surface area contributed by atoms with Crippen molar-refractivity contribution in [2.45, 2.75) is 64.7 Å². The maximum Gasteiger partial charge on any atom is 0.338 e. The van der Waals surface area contributed by atoms with E-state index < -0.39 is 11.9 Å². The van der Waals surface area contributed by atoms with Gasteiger partial charge in [0.25, 0.3) is 0 Å². The summed E-state index contributed by atoms with van der Waals surface area (Å²) in [6.45, 7) is 5.99. The van der Waals surface area contributed by atoms with Crippen LogP contribution in [0.1, 0.15) is 79.8 Å². The number of esters is 1. The zero-order chi connectivity index (χ0) is 20.5. The lowest BCUT2D eigenvalue weighted by molar-refractivity contribution is -0.0457. The molecule has 2 heterocycles. The first-order chi connectivity index (χ1) is 13.3. The number of fused-ring (bicyclic) bond motifs is 1. The number of halogens is 2. The summed E-state index contributed by atoms with van der Waals surface area (Å²) < 4.78 is 33.8. The van der Waals surface area contributed by atoms with Gasteiger partial charge in [-0.1, -0.05) is 13.8 Å². The van der Waals surface area contributed by atoms with Crippen LogP contribution in [0.25, 0.3) is 5.65 Å². The lowest BCUT2D eigenvalue weighted by atomic mass is 9.83. The van der Waals surface area contributed by atoms with E-state index >= 15 is 0 Å². The molecular weight excluding hydrogens is 364 g/mol. The van der Waals surface area contributed by atoms with Gasteiger partial charge in [-0.15, -0.1) is 0 Å². The second kappa shape index (κ2) is 7.86. The summed E-state index contributed by atoms with van der Waals surface area (Å²) in [7, 11) is 0. The van der Waals surface area contributed by atoms with Gasteiger partial charge >= 0.3 is 5.97 Å². The highest BCUT2D eigenvalue weighted by Gasteiger charge is 2.35. The van der Waals surface area contributed by atoms with Crippen molar-refractivity contribution < 1.29 is 18.3 Å². The summed E-state index contributed by atoms with van der Waals surface area (Å²) in [6, 6.07) is 5.28. The number of nitrogens with zero attached hydrogens (tertiary/aromatic N) is 3. The summed E-state index contributed by atoms with van der Waals surface area (Å²) >= 11 is 0. The number of hydrogen-bond donors (Lipinski definition) is 0. The van der Waals surface area contributed by atoms with Crippen LogP contribution in [0.3, 0.4) is 0 Å². The van der Waals surface area contributed by atoms with Crippen molar-refractivity contribution in [1.29, 1.82) is 5.26 Å². The highest BCUT2D eigenvalue weighted by atomic mass is 19.3. The molecule has 7 heteroatoms. The molecule has 0 bridgehead atoms. The van der Waals surface area contributed by atoms with Crippen LogP contribution >= 0.6 is 0 Å². The van der Waals surface area contributed by atoms with E-state index in [9.17, 15) is 18.8 Å². The highest BCUT2D eigenvalue weighted by Crippen LogP contribution is 2.38. The van der Waals surface area contributed by atoms with Gasteiger partial charge < -0.3 is 4.74 Å². The third-order valence-corrected chi connectivity index (χ3v) is 5.34. The van der Waals surface area contributed by atoms with E-state index in [0.29, 0.717) is 30.6 Å². The smallest absolute Gasteiger partial charge is 0.338 e. The lowest BCUT2D eigenvalue weighted by Gasteiger charge is -2.28. The fourth-order valence-corrected chi connectivity index (χ4v) is 3.90. The number of alkyl halides is 2. The average molecular weight is 389 g/mol. The molecule has 5 nitrogen and oxygen atoms in total. The molecule has 0 radical (unpaired) electrons. The number of hydrogen-bond acceptors (Lipinski definition) is 4. The first-order valence-electron chi connectivity index (χ1n) is 9.76. The van der Waals surface area contributed by atoms with Crippen molar-refractivity contribution in [2.24, 2.45) is 5.92 Å². The van der Waals surface area contributed by atoms with Crippen LogP contribution < -0.4 is 0 Å². The fraction of sp³-hybridized carbons (Fsp3) is 0.571. The van der Waals surface area contributed by atoms with E-state index in [1.807, 2.05) is 13.8 Å². The second-order valence-corrected chi connectivity index (χ2v) is 7.76. The van der Waals surface area contributed by atoms with Crippen LogP contribution in [0.5, 0.6) is 0 Å². The lowest BCUT2D eigenvalue weighted by Crippen LogP contribution is -2.26. The number of aromatic nitrogens is 2. The van der Waals surface area contributed by atoms with Gasteiger partial charge in [-0.3, -0.25) is 4.40 Å². The minimum Gasteiger partial charge on any atom is -0.462 e. The van der Waals surface area contributed by atoms with Crippen molar-refractivity contribution in [3.8, 4) is 6.07 Å². The maximum absolute atomic E-state index is 13.5. The quantitative estimate of drug-likeness (QED) is 0.684. The number of nitriles is 1. The van der Waals surface area contributed by atoms with Crippen LogP contribution in [0.2, 0.25) is 0 Å². The third kappa shape index (κ3) is 4.01. The predicted octanol–water partition coefficient (Wildman–Crippen LogP) is 4.87. The van der Waals surface area contributed by atoms with Gasteiger partial charge in [0.15, 0.2) is 0 Å². The molecular formula is C21H25F2N3O2. The Morgan fingerprint density at radius 1 is 1.39 bits per heavy atom. The Balaban J connectivity index is 2.04. The first kappa shape index (κ1) is 20.2. The Bertz CT molecular complexity index is 918. The van der Waals surface area contributed by atoms with E-state index in [4.69, 9.17) is 4.74 Å². The molecule has 0 spiro atoms. The summed E-state index contributed by atoms with van der Waals surface area (Å²) in [5.74, 6) is -2.82. The summed E-state index contributed by atoms with van der Waals surface area (Å²) in [4.78, 5) is 16.8. The molecule has 28 heavy (non-hydrogen) atoms. The van der Waals surface area contributed by atoms with Crippen LogP contribution in [-0.4, -0.2) is 27.9 Å². The first-order valence-corrected chi connectivity index (χ1v) is 9.76. The Labute approximate surface area is 163 Å². The maximum atomic E-state index is 13.5. The molecule has 0 aliphatic heterocycles. The molecule has 0 unspecified atom stereocenters. The zero-order valence-corrected chi connectivity index (χ0v) is 16.5. The van der Waals surface area contributed by atoms with E-state index in [2.05, 4.69) is 11.1 Å². The molecule has 150 valence electrons. The molecule has 1 fully saturated rings. The van der Waals surface area contributed by atoms with Gasteiger partial charge in [0, 0.05) is 18.5 Å². The number of carbonyl (C=O) groups excluding carboxylic acids is 1. The molecule has 0 aromatic carbocycles. The van der Waals surface area contributed by atoms with E-state index in [0.717, 1.165) is 11.4 Å². The molecule has 1 saturated carbocycles. The van der Waals surface area contributed by atoms with Crippen molar-refractivity contribution in [2.75, 3.05) is 6.61 Å². The molecule has 0 atom stereocenters. The molecule has 3 rings (SSSR count). The molecule has 0 N–H and O–H groups in total. The summed E-state index contributed by atoms with van der Waals surface area (Å²) in [5, 5.41) is 9.67. The number of ether oxygens (including phenoxy) is 1. The summed E-state index contributed by atoms with van der Waals surface area (Å²) in [6.07, 6.45) is 1.33. The van der Waals surface area contributed by atoms with E-state index in [1.54, 1.807) is 17.4 Å². The highest BCUT2D eigenvalue weighted by molar-refractivity contribution is 5.91. The van der Waals surface area contributed by atoms with Gasteiger partial charge in [0.05, 0.1) is 17.9 Å². The zero-order valence-electron chi connectivity index (χ0n) is 16.5. The van der Waals surface area contributed by atoms with Crippen LogP contribution in [0.4, 0.5) is 8.78 Å². The monoisotopic (exact) mass is 389 g/mol. The molecule has 2 aromatic rings. The van der Waals surface area contributed by atoms with Crippen LogP contribution in [-0.2, 0) is 11.2 Å². The largest absolute Gasteiger partial charge is 0.462 e. The van der Waals surface area contributed by atoms with Gasteiger partial charge in [-0.2, -0.15) is 5.26 Å². The Morgan fingerprint density at radius 2 is 2.07 bits per heavy atom. The topological polar surface area (TPSA) is 67.4 Å². The van der Waals surface area contributed by atoms with E-state index in [1.165, 1.54) is 6.07 Å². The SMILES string of the molecule is CCOC(=O)c1cc(C#N)n2c(CC3CCC(F)(F)CC3)c(C(C)C)nc2c1. The second-order valence-electron chi connectivity index (χ2n) is 7.76. The van der Waals surface area contributed by atoms with Crippen molar-refractivity contribution in [3.05, 3.63) is 34.8 Å². The minimum atomic E-state index is -2.57. The molecule has 0 amide bonds. The molecule has 1 aliphatic rings. The number of pyridine rings is 1.